The molecule has 0 aromatic heterocycles. The Hall–Kier alpha value is -0.180. The number of hydrogen-bond donors (Lipinski definition) is 1. The summed E-state index contributed by atoms with van der Waals surface area (Å²) < 4.78 is 0. The third-order valence-electron chi connectivity index (χ3n) is 2.82. The molecule has 1 atom stereocenters. The van der Waals surface area contributed by atoms with Gasteiger partial charge in [0.15, 0.2) is 0 Å². The van der Waals surface area contributed by atoms with Crippen molar-refractivity contribution in [1.29, 1.82) is 0 Å². The van der Waals surface area contributed by atoms with Crippen LogP contribution in [0.2, 0.25) is 0 Å². The molecule has 1 heterocycles. The summed E-state index contributed by atoms with van der Waals surface area (Å²) in [6.45, 7) is 0.954. The number of likely N-dealkylation sites (N-methyl/N-ethyl adjacent to an activating group) is 1. The van der Waals surface area contributed by atoms with E-state index in [0.717, 1.165) is 6.54 Å². The average Bonchev–Trinajstić information content (AvgIpc) is 2.72. The first kappa shape index (κ1) is 11.3. The van der Waals surface area contributed by atoms with Crippen LogP contribution in [0, 0.1) is 0 Å². The molecule has 1 aromatic carbocycles. The monoisotopic (exact) mass is 241 g/mol. The normalized spacial score (nSPS) is 16.4. The predicted molar refractivity (Wildman–Crippen MR) is 68.3 cm³/mol. The second-order valence-corrected chi connectivity index (χ2v) is 5.32. The average molecular weight is 242 g/mol. The highest BCUT2D eigenvalue weighted by Crippen LogP contribution is 2.33. The van der Waals surface area contributed by atoms with Gasteiger partial charge < -0.3 is 5.32 Å². The van der Waals surface area contributed by atoms with Gasteiger partial charge >= 0.3 is 0 Å². The topological polar surface area (TPSA) is 12.0 Å². The van der Waals surface area contributed by atoms with Crippen LogP contribution in [-0.2, 0) is 6.42 Å². The lowest BCUT2D eigenvalue weighted by Gasteiger charge is -2.14. The smallest absolute Gasteiger partial charge is 0.0304 e. The van der Waals surface area contributed by atoms with Crippen LogP contribution in [0.15, 0.2) is 23.1 Å². The van der Waals surface area contributed by atoms with Crippen LogP contribution < -0.4 is 5.32 Å². The molecule has 0 fully saturated rings. The molecule has 0 aliphatic carbocycles. The van der Waals surface area contributed by atoms with E-state index in [0.29, 0.717) is 11.8 Å². The van der Waals surface area contributed by atoms with E-state index in [4.69, 9.17) is 11.6 Å². The maximum atomic E-state index is 5.99. The van der Waals surface area contributed by atoms with Crippen molar-refractivity contribution in [3.8, 4) is 0 Å². The van der Waals surface area contributed by atoms with Gasteiger partial charge in [0.2, 0.25) is 0 Å². The molecule has 0 spiro atoms. The maximum Gasteiger partial charge on any atom is 0.0304 e. The minimum atomic E-state index is 0.438. The minimum Gasteiger partial charge on any atom is -0.319 e. The van der Waals surface area contributed by atoms with Crippen LogP contribution in [0.25, 0.3) is 0 Å². The lowest BCUT2D eigenvalue weighted by atomic mass is 9.98. The Morgan fingerprint density at radius 2 is 2.40 bits per heavy atom. The van der Waals surface area contributed by atoms with Gasteiger partial charge in [-0.3, -0.25) is 0 Å². The zero-order valence-corrected chi connectivity index (χ0v) is 10.5. The van der Waals surface area contributed by atoms with Gasteiger partial charge in [-0.1, -0.05) is 12.1 Å². The largest absolute Gasteiger partial charge is 0.319 e. The van der Waals surface area contributed by atoms with Gasteiger partial charge in [0, 0.05) is 29.0 Å². The second-order valence-electron chi connectivity index (χ2n) is 3.87. The van der Waals surface area contributed by atoms with Gasteiger partial charge in [0.1, 0.15) is 0 Å². The van der Waals surface area contributed by atoms with E-state index < -0.39 is 0 Å². The van der Waals surface area contributed by atoms with Crippen LogP contribution in [0.5, 0.6) is 0 Å². The number of nitrogens with one attached hydrogen (secondary N) is 1. The Labute approximate surface area is 101 Å². The van der Waals surface area contributed by atoms with E-state index in [2.05, 4.69) is 23.5 Å². The third kappa shape index (κ3) is 2.49. The number of thioether (sulfide) groups is 1. The Bertz CT molecular complexity index is 340. The first-order valence-electron chi connectivity index (χ1n) is 5.31. The van der Waals surface area contributed by atoms with E-state index in [1.165, 1.54) is 28.2 Å². The van der Waals surface area contributed by atoms with Crippen molar-refractivity contribution in [2.45, 2.75) is 17.2 Å². The summed E-state index contributed by atoms with van der Waals surface area (Å²) in [5, 5.41) is 3.20. The number of hydrogen-bond acceptors (Lipinski definition) is 2. The van der Waals surface area contributed by atoms with E-state index in [1.807, 2.05) is 18.8 Å². The third-order valence-corrected chi connectivity index (χ3v) is 4.31. The molecule has 2 rings (SSSR count). The molecule has 82 valence electrons. The highest BCUT2D eigenvalue weighted by atomic mass is 35.5. The molecule has 15 heavy (non-hydrogen) atoms. The predicted octanol–water partition coefficient (Wildman–Crippen LogP) is 2.88. The zero-order chi connectivity index (χ0) is 10.7. The van der Waals surface area contributed by atoms with Gasteiger partial charge in [-0.25, -0.2) is 0 Å². The molecule has 0 bridgehead atoms. The summed E-state index contributed by atoms with van der Waals surface area (Å²) in [7, 11) is 1.97. The molecular formula is C12H16ClNS. The van der Waals surface area contributed by atoms with E-state index in [-0.39, 0.29) is 0 Å². The van der Waals surface area contributed by atoms with Crippen molar-refractivity contribution >= 4 is 23.4 Å². The number of fused-ring (bicyclic) bond motifs is 1. The fourth-order valence-corrected chi connectivity index (χ4v) is 3.31. The molecular weight excluding hydrogens is 226 g/mol. The standard InChI is InChI=1S/C12H16ClNS/c1-14-8-11(7-13)9-2-3-12-10(6-9)4-5-15-12/h2-3,6,11,14H,4-5,7-8H2,1H3. The van der Waals surface area contributed by atoms with Crippen LogP contribution in [-0.4, -0.2) is 25.2 Å². The molecule has 0 radical (unpaired) electrons. The van der Waals surface area contributed by atoms with Crippen molar-refractivity contribution in [3.05, 3.63) is 29.3 Å². The number of alkyl halides is 1. The van der Waals surface area contributed by atoms with E-state index >= 15 is 0 Å². The number of aryl methyl sites for hydroxylation is 1. The molecule has 1 N–H and O–H groups in total. The molecule has 0 saturated carbocycles. The molecule has 1 nitrogen and oxygen atoms in total. The summed E-state index contributed by atoms with van der Waals surface area (Å²) in [6.07, 6.45) is 1.21. The lowest BCUT2D eigenvalue weighted by Crippen LogP contribution is -2.18. The van der Waals surface area contributed by atoms with Crippen molar-refractivity contribution in [3.63, 3.8) is 0 Å². The molecule has 1 aromatic rings. The number of halogens is 1. The summed E-state index contributed by atoms with van der Waals surface area (Å²) in [4.78, 5) is 1.46. The van der Waals surface area contributed by atoms with Crippen molar-refractivity contribution in [1.82, 2.24) is 5.32 Å². The molecule has 1 unspecified atom stereocenters. The lowest BCUT2D eigenvalue weighted by molar-refractivity contribution is 0.681. The minimum absolute atomic E-state index is 0.438. The SMILES string of the molecule is CNCC(CCl)c1ccc2c(c1)CCS2. The highest BCUT2D eigenvalue weighted by Gasteiger charge is 2.15. The van der Waals surface area contributed by atoms with Crippen LogP contribution in [0.3, 0.4) is 0 Å². The summed E-state index contributed by atoms with van der Waals surface area (Å²) >= 11 is 7.95. The van der Waals surface area contributed by atoms with Crippen LogP contribution >= 0.6 is 23.4 Å². The number of rotatable bonds is 4. The molecule has 0 amide bonds. The highest BCUT2D eigenvalue weighted by molar-refractivity contribution is 7.99. The fourth-order valence-electron chi connectivity index (χ4n) is 1.97. The number of benzene rings is 1. The van der Waals surface area contributed by atoms with Crippen molar-refractivity contribution in [2.75, 3.05) is 25.2 Å². The van der Waals surface area contributed by atoms with Gasteiger partial charge in [-0.2, -0.15) is 0 Å². The Morgan fingerprint density at radius 1 is 1.53 bits per heavy atom. The van der Waals surface area contributed by atoms with Crippen LogP contribution in [0.4, 0.5) is 0 Å². The molecule has 1 aliphatic rings. The van der Waals surface area contributed by atoms with Gasteiger partial charge in [0.25, 0.3) is 0 Å². The van der Waals surface area contributed by atoms with Gasteiger partial charge in [-0.15, -0.1) is 23.4 Å². The maximum absolute atomic E-state index is 5.99. The first-order chi connectivity index (χ1) is 7.35. The Morgan fingerprint density at radius 3 is 3.13 bits per heavy atom. The zero-order valence-electron chi connectivity index (χ0n) is 8.92. The van der Waals surface area contributed by atoms with E-state index in [9.17, 15) is 0 Å². The first-order valence-corrected chi connectivity index (χ1v) is 6.83. The van der Waals surface area contributed by atoms with Gasteiger partial charge in [0.05, 0.1) is 0 Å². The molecule has 1 aliphatic heterocycles. The molecule has 0 saturated heterocycles. The van der Waals surface area contributed by atoms with Crippen LogP contribution in [0.1, 0.15) is 17.0 Å². The van der Waals surface area contributed by atoms with E-state index in [1.54, 1.807) is 0 Å². The quantitative estimate of drug-likeness (QED) is 0.814. The van der Waals surface area contributed by atoms with Gasteiger partial charge in [-0.05, 0) is 30.7 Å². The summed E-state index contributed by atoms with van der Waals surface area (Å²) in [5.74, 6) is 2.36. The summed E-state index contributed by atoms with van der Waals surface area (Å²) in [5.41, 5.74) is 2.88. The Kier molecular flexibility index (Phi) is 3.95. The fraction of sp³-hybridized carbons (Fsp3) is 0.500. The molecule has 3 heteroatoms. The Balaban J connectivity index is 2.20. The second kappa shape index (κ2) is 5.24. The summed E-state index contributed by atoms with van der Waals surface area (Å²) in [6, 6.07) is 6.80. The van der Waals surface area contributed by atoms with Crippen molar-refractivity contribution in [2.24, 2.45) is 0 Å². The van der Waals surface area contributed by atoms with Crippen molar-refractivity contribution < 1.29 is 0 Å².